The summed E-state index contributed by atoms with van der Waals surface area (Å²) in [5, 5.41) is 8.41. The van der Waals surface area contributed by atoms with Crippen LogP contribution in [0.2, 0.25) is 0 Å². The molecule has 0 aliphatic carbocycles. The monoisotopic (exact) mass is 374 g/mol. The van der Waals surface area contributed by atoms with E-state index in [2.05, 4.69) is 17.2 Å². The van der Waals surface area contributed by atoms with Crippen molar-refractivity contribution in [3.63, 3.8) is 0 Å². The predicted octanol–water partition coefficient (Wildman–Crippen LogP) is 4.55. The summed E-state index contributed by atoms with van der Waals surface area (Å²) in [6.07, 6.45) is 0.621. The molecule has 3 aromatic rings. The van der Waals surface area contributed by atoms with Crippen molar-refractivity contribution in [1.82, 2.24) is 5.01 Å². The molecule has 0 aromatic heterocycles. The molecule has 1 atom stereocenters. The van der Waals surface area contributed by atoms with Crippen LogP contribution in [-0.2, 0) is 4.79 Å². The van der Waals surface area contributed by atoms with Gasteiger partial charge in [-0.15, -0.1) is 0 Å². The highest BCUT2D eigenvalue weighted by Gasteiger charge is 2.34. The first kappa shape index (κ1) is 18.0. The summed E-state index contributed by atoms with van der Waals surface area (Å²) in [7, 11) is 3.30. The van der Waals surface area contributed by atoms with Gasteiger partial charge in [0.25, 0.3) is 0 Å². The van der Waals surface area contributed by atoms with E-state index in [1.54, 1.807) is 26.2 Å². The highest BCUT2D eigenvalue weighted by molar-refractivity contribution is 6.04. The second-order valence-corrected chi connectivity index (χ2v) is 6.76. The normalized spacial score (nSPS) is 16.2. The van der Waals surface area contributed by atoms with Gasteiger partial charge in [-0.05, 0) is 46.7 Å². The Hall–Kier alpha value is -3.34. The third-order valence-electron chi connectivity index (χ3n) is 5.14. The lowest BCUT2D eigenvalue weighted by Gasteiger charge is -2.24. The number of rotatable bonds is 4. The van der Waals surface area contributed by atoms with Crippen molar-refractivity contribution in [1.29, 1.82) is 0 Å². The fourth-order valence-electron chi connectivity index (χ4n) is 3.78. The predicted molar refractivity (Wildman–Crippen MR) is 110 cm³/mol. The fraction of sp³-hybridized carbons (Fsp3) is 0.217. The van der Waals surface area contributed by atoms with Gasteiger partial charge in [-0.25, -0.2) is 5.01 Å². The van der Waals surface area contributed by atoms with Crippen LogP contribution in [0, 0.1) is 0 Å². The Morgan fingerprint density at radius 1 is 1.00 bits per heavy atom. The Kier molecular flexibility index (Phi) is 4.74. The minimum atomic E-state index is -0.212. The maximum atomic E-state index is 12.4. The Balaban J connectivity index is 1.80. The molecule has 0 saturated carbocycles. The van der Waals surface area contributed by atoms with E-state index in [9.17, 15) is 4.79 Å². The summed E-state index contributed by atoms with van der Waals surface area (Å²) in [6, 6.07) is 19.7. The Labute approximate surface area is 164 Å². The molecule has 3 aromatic carbocycles. The standard InChI is InChI=1S/C23H22N2O3/c1-15(26)25-21(14-20(24-25)17-8-11-18(27-2)12-9-17)23-19-7-5-4-6-16(19)10-13-22(23)28-3/h4-13,21H,14H2,1-3H3. The maximum absolute atomic E-state index is 12.4. The van der Waals surface area contributed by atoms with Gasteiger partial charge in [0.15, 0.2) is 0 Å². The fourth-order valence-corrected chi connectivity index (χ4v) is 3.78. The molecule has 1 amide bonds. The molecule has 5 heteroatoms. The molecule has 1 aliphatic heterocycles. The molecular weight excluding hydrogens is 352 g/mol. The van der Waals surface area contributed by atoms with Gasteiger partial charge in [0.05, 0.1) is 26.0 Å². The number of carbonyl (C=O) groups excluding carboxylic acids is 1. The molecule has 1 unspecified atom stereocenters. The third kappa shape index (κ3) is 3.09. The number of hydrogen-bond donors (Lipinski definition) is 0. The van der Waals surface area contributed by atoms with Gasteiger partial charge in [-0.3, -0.25) is 4.79 Å². The number of methoxy groups -OCH3 is 2. The van der Waals surface area contributed by atoms with E-state index in [0.717, 1.165) is 39.1 Å². The van der Waals surface area contributed by atoms with E-state index in [4.69, 9.17) is 9.47 Å². The van der Waals surface area contributed by atoms with E-state index < -0.39 is 0 Å². The van der Waals surface area contributed by atoms with Crippen molar-refractivity contribution < 1.29 is 14.3 Å². The van der Waals surface area contributed by atoms with Crippen LogP contribution in [0.3, 0.4) is 0 Å². The molecule has 1 heterocycles. The Morgan fingerprint density at radius 2 is 1.75 bits per heavy atom. The summed E-state index contributed by atoms with van der Waals surface area (Å²) < 4.78 is 10.9. The molecule has 0 saturated heterocycles. The molecule has 4 rings (SSSR count). The van der Waals surface area contributed by atoms with Gasteiger partial charge in [0.1, 0.15) is 11.5 Å². The molecule has 1 aliphatic rings. The van der Waals surface area contributed by atoms with Crippen LogP contribution >= 0.6 is 0 Å². The van der Waals surface area contributed by atoms with Crippen molar-refractivity contribution >= 4 is 22.4 Å². The van der Waals surface area contributed by atoms with Gasteiger partial charge in [-0.2, -0.15) is 5.10 Å². The first-order valence-corrected chi connectivity index (χ1v) is 9.19. The average Bonchev–Trinajstić information content (AvgIpc) is 3.18. The number of hydrazone groups is 1. The molecule has 142 valence electrons. The number of amides is 1. The number of hydrogen-bond acceptors (Lipinski definition) is 4. The summed E-state index contributed by atoms with van der Waals surface area (Å²) in [5.74, 6) is 1.46. The quantitative estimate of drug-likeness (QED) is 0.673. The zero-order valence-corrected chi connectivity index (χ0v) is 16.2. The van der Waals surface area contributed by atoms with Gasteiger partial charge in [0, 0.05) is 18.9 Å². The highest BCUT2D eigenvalue weighted by Crippen LogP contribution is 2.41. The minimum absolute atomic E-state index is 0.0940. The maximum Gasteiger partial charge on any atom is 0.240 e. The number of carbonyl (C=O) groups is 1. The smallest absolute Gasteiger partial charge is 0.240 e. The molecule has 0 N–H and O–H groups in total. The van der Waals surface area contributed by atoms with Crippen LogP contribution in [0.5, 0.6) is 11.5 Å². The van der Waals surface area contributed by atoms with E-state index >= 15 is 0 Å². The van der Waals surface area contributed by atoms with Crippen molar-refractivity contribution in [3.8, 4) is 11.5 Å². The second-order valence-electron chi connectivity index (χ2n) is 6.76. The van der Waals surface area contributed by atoms with Crippen LogP contribution < -0.4 is 9.47 Å². The van der Waals surface area contributed by atoms with Crippen LogP contribution in [0.4, 0.5) is 0 Å². The molecule has 0 radical (unpaired) electrons. The molecule has 0 fully saturated rings. The van der Waals surface area contributed by atoms with Crippen molar-refractivity contribution in [2.24, 2.45) is 5.10 Å². The second kappa shape index (κ2) is 7.35. The van der Waals surface area contributed by atoms with E-state index in [1.807, 2.05) is 48.5 Å². The first-order chi connectivity index (χ1) is 13.6. The Morgan fingerprint density at radius 3 is 2.43 bits per heavy atom. The van der Waals surface area contributed by atoms with E-state index in [0.29, 0.717) is 6.42 Å². The lowest BCUT2D eigenvalue weighted by Crippen LogP contribution is -2.25. The number of fused-ring (bicyclic) bond motifs is 1. The lowest BCUT2D eigenvalue weighted by atomic mass is 9.93. The summed E-state index contributed by atoms with van der Waals surface area (Å²) in [4.78, 5) is 12.4. The van der Waals surface area contributed by atoms with Crippen LogP contribution in [0.15, 0.2) is 65.8 Å². The Bertz CT molecular complexity index is 1060. The lowest BCUT2D eigenvalue weighted by molar-refractivity contribution is -0.130. The van der Waals surface area contributed by atoms with Crippen LogP contribution in [0.1, 0.15) is 30.5 Å². The molecular formula is C23H22N2O3. The van der Waals surface area contributed by atoms with E-state index in [1.165, 1.54) is 0 Å². The highest BCUT2D eigenvalue weighted by atomic mass is 16.5. The molecule has 0 bridgehead atoms. The molecule has 5 nitrogen and oxygen atoms in total. The van der Waals surface area contributed by atoms with E-state index in [-0.39, 0.29) is 11.9 Å². The van der Waals surface area contributed by atoms with Crippen molar-refractivity contribution in [2.45, 2.75) is 19.4 Å². The van der Waals surface area contributed by atoms with Crippen molar-refractivity contribution in [2.75, 3.05) is 14.2 Å². The SMILES string of the molecule is COc1ccc(C2=NN(C(C)=O)C(c3c(OC)ccc4ccccc34)C2)cc1. The van der Waals surface area contributed by atoms with Gasteiger partial charge in [0.2, 0.25) is 5.91 Å². The summed E-state index contributed by atoms with van der Waals surface area (Å²) in [6.45, 7) is 1.55. The number of benzene rings is 3. The molecule has 0 spiro atoms. The van der Waals surface area contributed by atoms with Gasteiger partial charge < -0.3 is 9.47 Å². The average molecular weight is 374 g/mol. The zero-order valence-electron chi connectivity index (χ0n) is 16.2. The largest absolute Gasteiger partial charge is 0.497 e. The van der Waals surface area contributed by atoms with Crippen molar-refractivity contribution in [3.05, 3.63) is 71.8 Å². The first-order valence-electron chi connectivity index (χ1n) is 9.19. The summed E-state index contributed by atoms with van der Waals surface area (Å²) >= 11 is 0. The zero-order chi connectivity index (χ0) is 19.7. The van der Waals surface area contributed by atoms with Gasteiger partial charge >= 0.3 is 0 Å². The minimum Gasteiger partial charge on any atom is -0.497 e. The van der Waals surface area contributed by atoms with Crippen LogP contribution in [-0.4, -0.2) is 30.8 Å². The summed E-state index contributed by atoms with van der Waals surface area (Å²) in [5.41, 5.74) is 2.84. The van der Waals surface area contributed by atoms with Gasteiger partial charge in [-0.1, -0.05) is 30.3 Å². The number of ether oxygens (including phenoxy) is 2. The third-order valence-corrected chi connectivity index (χ3v) is 5.14. The van der Waals surface area contributed by atoms with Crippen LogP contribution in [0.25, 0.3) is 10.8 Å². The topological polar surface area (TPSA) is 51.1 Å². The molecule has 28 heavy (non-hydrogen) atoms. The number of nitrogens with zero attached hydrogens (tertiary/aromatic N) is 2.